The van der Waals surface area contributed by atoms with Gasteiger partial charge in [0.15, 0.2) is 0 Å². The highest BCUT2D eigenvalue weighted by Crippen LogP contribution is 2.37. The largest absolute Gasteiger partial charge is 0.392 e. The molecule has 0 aromatic carbocycles. The summed E-state index contributed by atoms with van der Waals surface area (Å²) < 4.78 is 0. The Morgan fingerprint density at radius 1 is 0.231 bits per heavy atom. The zero-order valence-electron chi connectivity index (χ0n) is 93.0. The predicted octanol–water partition coefficient (Wildman–Crippen LogP) is 22.2. The summed E-state index contributed by atoms with van der Waals surface area (Å²) in [5.41, 5.74) is 19.5. The average molecular weight is 1970 g/mol. The molecule has 0 amide bonds. The number of aliphatic hydroxyl groups excluding tert-OH is 7. The molecule has 16 rings (SSSR count). The van der Waals surface area contributed by atoms with Gasteiger partial charge in [0.1, 0.15) is 0 Å². The minimum Gasteiger partial charge on any atom is -0.392 e. The number of nitrogens with zero attached hydrogens (tertiary/aromatic N) is 16. The summed E-state index contributed by atoms with van der Waals surface area (Å²) in [6, 6.07) is 39.0. The second kappa shape index (κ2) is 59.7. The van der Waals surface area contributed by atoms with Gasteiger partial charge in [-0.05, 0) is 358 Å². The van der Waals surface area contributed by atoms with E-state index in [1.54, 1.807) is 0 Å². The molecule has 7 N–H and O–H groups in total. The van der Waals surface area contributed by atoms with Gasteiger partial charge in [-0.1, -0.05) is 166 Å². The Labute approximate surface area is 864 Å². The van der Waals surface area contributed by atoms with Crippen LogP contribution in [-0.4, -0.2) is 269 Å². The molecule has 8 aromatic heterocycles. The molecule has 0 saturated carbocycles. The van der Waals surface area contributed by atoms with Crippen molar-refractivity contribution in [2.24, 2.45) is 0 Å². The Morgan fingerprint density at radius 3 is 0.538 bits per heavy atom. The summed E-state index contributed by atoms with van der Waals surface area (Å²) in [5, 5.41) is 68.1. The summed E-state index contributed by atoms with van der Waals surface area (Å²) in [6.07, 6.45) is 29.4. The topological polar surface area (TPSA) is 271 Å². The molecule has 0 bridgehead atoms. The smallest absolute Gasteiger partial charge is 0.0667 e. The minimum absolute atomic E-state index is 0.163. The number of hydrogen-bond acceptors (Lipinski definition) is 23. The van der Waals surface area contributed by atoms with Gasteiger partial charge in [0, 0.05) is 188 Å². The number of pyridine rings is 8. The summed E-state index contributed by atoms with van der Waals surface area (Å²) in [5.74, 6) is 3.86. The molecule has 0 aliphatic carbocycles. The molecule has 8 aliphatic rings. The molecule has 0 radical (unpaired) electrons. The Balaban J connectivity index is 0.000000182. The molecule has 8 fully saturated rings. The third kappa shape index (κ3) is 38.3. The summed E-state index contributed by atoms with van der Waals surface area (Å²) in [4.78, 5) is 55.4. The molecule has 4 unspecified atom stereocenters. The van der Waals surface area contributed by atoms with Crippen LogP contribution < -0.4 is 0 Å². The molecule has 23 nitrogen and oxygen atoms in total. The number of aliphatic hydroxyl groups is 7. The fraction of sp³-hybridized carbons (Fsp3) is 0.667. The third-order valence-corrected chi connectivity index (χ3v) is 31.1. The first kappa shape index (κ1) is 119. The first-order valence-electron chi connectivity index (χ1n) is 55.4. The maximum Gasteiger partial charge on any atom is 0.0667 e. The number of β-amino-alcohol motifs (C(OH)–C–C–N with tert-alkyl or cyclic N) is 7. The van der Waals surface area contributed by atoms with Crippen molar-refractivity contribution < 1.29 is 35.7 Å². The van der Waals surface area contributed by atoms with Crippen molar-refractivity contribution >= 4 is 0 Å². The molecule has 16 heterocycles. The third-order valence-electron chi connectivity index (χ3n) is 31.1. The molecular weight excluding hydrogens is 1780 g/mol. The highest BCUT2D eigenvalue weighted by Gasteiger charge is 2.35. The number of hydrogen-bond donors (Lipinski definition) is 7. The normalized spacial score (nSPS) is 23.0. The van der Waals surface area contributed by atoms with E-state index in [1.165, 1.54) is 76.3 Å². The van der Waals surface area contributed by atoms with Crippen LogP contribution in [0.5, 0.6) is 0 Å². The molecule has 794 valence electrons. The van der Waals surface area contributed by atoms with E-state index in [9.17, 15) is 35.7 Å². The van der Waals surface area contributed by atoms with Crippen molar-refractivity contribution in [3.05, 3.63) is 237 Å². The number of aromatic nitrogens is 8. The second-order valence-electron chi connectivity index (χ2n) is 45.4. The van der Waals surface area contributed by atoms with Crippen LogP contribution in [0, 0.1) is 0 Å². The Hall–Kier alpha value is -7.40. The predicted molar refractivity (Wildman–Crippen MR) is 587 cm³/mol. The SMILES string of the molecule is CC(C)c1ccc(C(C)N2CCCC(O)C2)cn1.CC(C)c1ccc(C(C)N2CCC[C@@H](O)C2)cn1.CC(C)c1ccc(C(C)N2CCC[C@H](O)C2)cn1.CC(C)c1ccc([C@@H](C)N2CCC[C@@H](O)C2)cn1.CC(C)c1ccc([C@@H](C)N2CCC[C@H](O)C2)cn1.CC(C)c1ccc([C@H](C)N2CCC[C@@H](O)C2)cn1.CC(C)c1ccc([C@H](C)N2CCC[C@H](O)C2)cn1.CC(C)c1cccc(C2(C)CCN(C)CC2)n1. The summed E-state index contributed by atoms with van der Waals surface area (Å²) >= 11 is 0. The first-order chi connectivity index (χ1) is 68.0. The fourth-order valence-electron chi connectivity index (χ4n) is 20.3. The van der Waals surface area contributed by atoms with Gasteiger partial charge in [-0.25, -0.2) is 0 Å². The number of piperidine rings is 8. The van der Waals surface area contributed by atoms with Crippen molar-refractivity contribution in [3.8, 4) is 0 Å². The van der Waals surface area contributed by atoms with Gasteiger partial charge < -0.3 is 40.6 Å². The molecule has 14 atom stereocenters. The van der Waals surface area contributed by atoms with Crippen LogP contribution in [0.2, 0.25) is 0 Å². The van der Waals surface area contributed by atoms with Gasteiger partial charge in [-0.3, -0.25) is 74.2 Å². The van der Waals surface area contributed by atoms with Crippen molar-refractivity contribution in [2.75, 3.05) is 112 Å². The lowest BCUT2D eigenvalue weighted by molar-refractivity contribution is 0.0501. The summed E-state index contributed by atoms with van der Waals surface area (Å²) in [7, 11) is 2.21. The molecule has 23 heteroatoms. The van der Waals surface area contributed by atoms with Gasteiger partial charge in [0.2, 0.25) is 0 Å². The Kier molecular flexibility index (Phi) is 49.7. The number of likely N-dealkylation sites (tertiary alicyclic amines) is 8. The van der Waals surface area contributed by atoms with Crippen LogP contribution in [-0.2, 0) is 5.41 Å². The van der Waals surface area contributed by atoms with Gasteiger partial charge in [-0.2, -0.15) is 0 Å². The van der Waals surface area contributed by atoms with Crippen LogP contribution in [0.4, 0.5) is 0 Å². The molecule has 8 saturated heterocycles. The van der Waals surface area contributed by atoms with E-state index in [0.717, 1.165) is 221 Å². The second-order valence-corrected chi connectivity index (χ2v) is 45.4. The van der Waals surface area contributed by atoms with Crippen molar-refractivity contribution in [2.45, 2.75) is 407 Å². The average Bonchev–Trinajstić information content (AvgIpc) is 0.800. The van der Waals surface area contributed by atoms with Crippen LogP contribution in [0.15, 0.2) is 147 Å². The highest BCUT2D eigenvalue weighted by molar-refractivity contribution is 5.27. The molecule has 0 spiro atoms. The zero-order chi connectivity index (χ0) is 104. The maximum atomic E-state index is 9.73. The Bertz CT molecular complexity index is 4070. The van der Waals surface area contributed by atoms with E-state index in [-0.39, 0.29) is 48.1 Å². The fourth-order valence-corrected chi connectivity index (χ4v) is 20.3. The van der Waals surface area contributed by atoms with E-state index in [0.29, 0.717) is 89.6 Å². The molecule has 143 heavy (non-hydrogen) atoms. The minimum atomic E-state index is -0.163. The number of rotatable bonds is 23. The molecule has 8 aromatic rings. The monoisotopic (exact) mass is 1970 g/mol. The van der Waals surface area contributed by atoms with Crippen LogP contribution in [0.3, 0.4) is 0 Å². The van der Waals surface area contributed by atoms with Gasteiger partial charge >= 0.3 is 0 Å². The van der Waals surface area contributed by atoms with Crippen LogP contribution in [0.25, 0.3) is 0 Å². The highest BCUT2D eigenvalue weighted by atomic mass is 16.3. The van der Waals surface area contributed by atoms with Crippen LogP contribution >= 0.6 is 0 Å². The van der Waals surface area contributed by atoms with Crippen molar-refractivity contribution in [3.63, 3.8) is 0 Å². The van der Waals surface area contributed by atoms with E-state index in [1.807, 2.05) is 43.4 Å². The van der Waals surface area contributed by atoms with E-state index >= 15 is 0 Å². The standard InChI is InChI=1S/7C15H24N2O.C15H24N2/c7*1-11(2)15-7-6-13(9-16-15)12(3)17-8-4-5-14(18)10-17;1-12(2)13-6-5-7-14(16-13)15(3)8-10-17(4)11-9-15/h7*6-7,9,11-12,14,18H,4-5,8,10H2,1-3H3;5-7,12H,8-11H2,1-4H3/t2*12?,14-;2*12-,14+;2*12-,14-;;/m101010../s1. The lowest BCUT2D eigenvalue weighted by atomic mass is 9.77. The Morgan fingerprint density at radius 2 is 0.399 bits per heavy atom. The quantitative estimate of drug-likeness (QED) is 0.0314. The van der Waals surface area contributed by atoms with Crippen molar-refractivity contribution in [1.29, 1.82) is 0 Å². The first-order valence-corrected chi connectivity index (χ1v) is 55.4. The molecule has 8 aliphatic heterocycles. The van der Waals surface area contributed by atoms with Gasteiger partial charge in [-0.15, -0.1) is 0 Å². The summed E-state index contributed by atoms with van der Waals surface area (Å²) in [6.45, 7) is 67.8. The van der Waals surface area contributed by atoms with Gasteiger partial charge in [0.05, 0.1) is 42.7 Å². The zero-order valence-corrected chi connectivity index (χ0v) is 93.0. The molecular formula is C120H192N16O7. The maximum absolute atomic E-state index is 9.73. The van der Waals surface area contributed by atoms with Gasteiger partial charge in [0.25, 0.3) is 0 Å². The van der Waals surface area contributed by atoms with E-state index in [2.05, 4.69) is 350 Å². The lowest BCUT2D eigenvalue weighted by Gasteiger charge is -2.37. The lowest BCUT2D eigenvalue weighted by Crippen LogP contribution is -2.39. The van der Waals surface area contributed by atoms with Crippen LogP contribution in [0.1, 0.15) is 449 Å². The van der Waals surface area contributed by atoms with Crippen molar-refractivity contribution in [1.82, 2.24) is 79.1 Å². The van der Waals surface area contributed by atoms with E-state index in [4.69, 9.17) is 4.98 Å². The van der Waals surface area contributed by atoms with E-state index < -0.39 is 0 Å².